The highest BCUT2D eigenvalue weighted by molar-refractivity contribution is 8.04. The summed E-state index contributed by atoms with van der Waals surface area (Å²) >= 11 is 1.48. The molecule has 0 spiro atoms. The summed E-state index contributed by atoms with van der Waals surface area (Å²) in [5, 5.41) is 9.16. The Morgan fingerprint density at radius 1 is 1.56 bits per heavy atom. The Bertz CT molecular complexity index is 400. The smallest absolute Gasteiger partial charge is 0.353 e. The number of carbonyl (C=O) groups is 2. The van der Waals surface area contributed by atoms with E-state index in [1.54, 1.807) is 0 Å². The third-order valence-corrected chi connectivity index (χ3v) is 4.43. The molecule has 1 N–H and O–H groups in total. The van der Waals surface area contributed by atoms with Crippen LogP contribution in [0.15, 0.2) is 10.6 Å². The summed E-state index contributed by atoms with van der Waals surface area (Å²) in [6.07, 6.45) is 2.14. The summed E-state index contributed by atoms with van der Waals surface area (Å²) in [4.78, 5) is 24.7. The lowest BCUT2D eigenvalue weighted by Crippen LogP contribution is -2.48. The third-order valence-electron chi connectivity index (χ3n) is 3.07. The van der Waals surface area contributed by atoms with Crippen LogP contribution in [-0.4, -0.2) is 40.0 Å². The van der Waals surface area contributed by atoms with Crippen LogP contribution >= 0.6 is 11.8 Å². The Morgan fingerprint density at radius 2 is 2.38 bits per heavy atom. The molecule has 3 heterocycles. The van der Waals surface area contributed by atoms with Gasteiger partial charge in [0.25, 0.3) is 0 Å². The third kappa shape index (κ3) is 1.29. The van der Waals surface area contributed by atoms with Crippen LogP contribution in [-0.2, 0) is 14.3 Å². The molecule has 5 nitrogen and oxygen atoms in total. The van der Waals surface area contributed by atoms with Gasteiger partial charge < -0.3 is 9.84 Å². The van der Waals surface area contributed by atoms with Crippen LogP contribution in [0, 0.1) is 0 Å². The quantitative estimate of drug-likeness (QED) is 0.723. The van der Waals surface area contributed by atoms with Gasteiger partial charge in [0.15, 0.2) is 0 Å². The van der Waals surface area contributed by atoms with Gasteiger partial charge in [0.2, 0.25) is 5.91 Å². The topological polar surface area (TPSA) is 66.8 Å². The fraction of sp³-hybridized carbons (Fsp3) is 0.600. The second-order valence-corrected chi connectivity index (χ2v) is 5.28. The molecule has 6 heteroatoms. The van der Waals surface area contributed by atoms with Crippen molar-refractivity contribution in [1.82, 2.24) is 4.90 Å². The van der Waals surface area contributed by atoms with E-state index in [0.717, 1.165) is 17.7 Å². The van der Waals surface area contributed by atoms with E-state index in [1.807, 2.05) is 0 Å². The van der Waals surface area contributed by atoms with Gasteiger partial charge in [0, 0.05) is 11.5 Å². The summed E-state index contributed by atoms with van der Waals surface area (Å²) in [5.74, 6) is -1.11. The summed E-state index contributed by atoms with van der Waals surface area (Å²) in [6, 6.07) is 0. The fourth-order valence-electron chi connectivity index (χ4n) is 2.29. The van der Waals surface area contributed by atoms with Crippen molar-refractivity contribution >= 4 is 23.6 Å². The van der Waals surface area contributed by atoms with E-state index in [1.165, 1.54) is 16.7 Å². The molecular formula is C10H11NO4S. The lowest BCUT2D eigenvalue weighted by Gasteiger charge is -2.33. The molecule has 0 saturated carbocycles. The van der Waals surface area contributed by atoms with E-state index < -0.39 is 5.97 Å². The van der Waals surface area contributed by atoms with E-state index in [2.05, 4.69) is 0 Å². The zero-order valence-electron chi connectivity index (χ0n) is 8.51. The fourth-order valence-corrected chi connectivity index (χ4v) is 3.77. The molecule has 0 aliphatic carbocycles. The maximum absolute atomic E-state index is 11.4. The number of thioether (sulfide) groups is 1. The van der Waals surface area contributed by atoms with Crippen LogP contribution in [0.1, 0.15) is 19.3 Å². The average Bonchev–Trinajstić information content (AvgIpc) is 2.80. The summed E-state index contributed by atoms with van der Waals surface area (Å²) in [5.41, 5.74) is 0.151. The number of rotatable bonds is 2. The van der Waals surface area contributed by atoms with Gasteiger partial charge in [-0.25, -0.2) is 4.79 Å². The van der Waals surface area contributed by atoms with Gasteiger partial charge in [-0.3, -0.25) is 9.69 Å². The highest BCUT2D eigenvalue weighted by Gasteiger charge is 2.50. The zero-order valence-corrected chi connectivity index (χ0v) is 9.33. The minimum absolute atomic E-state index is 0.00204. The summed E-state index contributed by atoms with van der Waals surface area (Å²) in [6.45, 7) is 0.681. The minimum Gasteiger partial charge on any atom is -0.477 e. The number of amides is 1. The first-order chi connectivity index (χ1) is 7.68. The van der Waals surface area contributed by atoms with Crippen LogP contribution in [0.25, 0.3) is 0 Å². The van der Waals surface area contributed by atoms with Crippen LogP contribution in [0.5, 0.6) is 0 Å². The van der Waals surface area contributed by atoms with Crippen molar-refractivity contribution in [1.29, 1.82) is 0 Å². The van der Waals surface area contributed by atoms with Crippen molar-refractivity contribution in [3.8, 4) is 0 Å². The SMILES string of the molecule is O=C(O)C1=C(C2CCCO2)S[C@@H]2CC(=O)N12. The zero-order chi connectivity index (χ0) is 11.3. The standard InChI is InChI=1S/C10H11NO4S/c12-6-4-7-11(6)8(10(13)14)9(16-7)5-2-1-3-15-5/h5,7H,1-4H2,(H,13,14)/t5?,7-/m1/s1. The van der Waals surface area contributed by atoms with E-state index in [9.17, 15) is 9.59 Å². The lowest BCUT2D eigenvalue weighted by atomic mass is 10.1. The highest BCUT2D eigenvalue weighted by Crippen LogP contribution is 2.49. The Balaban J connectivity index is 1.95. The minimum atomic E-state index is -1.02. The Labute approximate surface area is 96.4 Å². The number of aliphatic carboxylic acids is 1. The molecule has 1 unspecified atom stereocenters. The van der Waals surface area contributed by atoms with Gasteiger partial charge in [0.05, 0.1) is 17.9 Å². The molecule has 0 aromatic carbocycles. The molecule has 16 heavy (non-hydrogen) atoms. The van der Waals surface area contributed by atoms with Crippen molar-refractivity contribution < 1.29 is 19.4 Å². The van der Waals surface area contributed by atoms with Crippen LogP contribution < -0.4 is 0 Å². The number of ether oxygens (including phenoxy) is 1. The van der Waals surface area contributed by atoms with Gasteiger partial charge in [-0.15, -0.1) is 0 Å². The van der Waals surface area contributed by atoms with E-state index in [-0.39, 0.29) is 23.1 Å². The number of β-lactam (4-membered cyclic amide) rings is 1. The molecule has 2 atom stereocenters. The monoisotopic (exact) mass is 241 g/mol. The predicted molar refractivity (Wildman–Crippen MR) is 56.5 cm³/mol. The van der Waals surface area contributed by atoms with E-state index in [4.69, 9.17) is 9.84 Å². The number of carboxylic acid groups (broad SMARTS) is 1. The summed E-state index contributed by atoms with van der Waals surface area (Å²) in [7, 11) is 0. The molecule has 0 aromatic heterocycles. The summed E-state index contributed by atoms with van der Waals surface area (Å²) < 4.78 is 5.50. The Hall–Kier alpha value is -1.01. The number of nitrogens with zero attached hydrogens (tertiary/aromatic N) is 1. The second-order valence-electron chi connectivity index (χ2n) is 4.06. The maximum atomic E-state index is 11.4. The highest BCUT2D eigenvalue weighted by atomic mass is 32.2. The molecule has 3 aliphatic rings. The molecule has 3 aliphatic heterocycles. The molecule has 86 valence electrons. The number of hydrogen-bond acceptors (Lipinski definition) is 4. The van der Waals surface area contributed by atoms with Gasteiger partial charge in [-0.1, -0.05) is 11.8 Å². The van der Waals surface area contributed by atoms with Gasteiger partial charge in [-0.2, -0.15) is 0 Å². The first-order valence-corrected chi connectivity index (χ1v) is 6.14. The van der Waals surface area contributed by atoms with Crippen molar-refractivity contribution in [2.75, 3.05) is 6.61 Å². The molecule has 0 aromatic rings. The Morgan fingerprint density at radius 3 is 2.94 bits per heavy atom. The average molecular weight is 241 g/mol. The number of fused-ring (bicyclic) bond motifs is 1. The number of carbonyl (C=O) groups excluding carboxylic acids is 1. The number of carboxylic acids is 1. The first-order valence-electron chi connectivity index (χ1n) is 5.26. The normalized spacial score (nSPS) is 33.0. The van der Waals surface area contributed by atoms with Crippen molar-refractivity contribution in [2.45, 2.75) is 30.7 Å². The Kier molecular flexibility index (Phi) is 2.22. The second kappa shape index (κ2) is 3.49. The molecular weight excluding hydrogens is 230 g/mol. The molecule has 2 saturated heterocycles. The molecule has 2 fully saturated rings. The van der Waals surface area contributed by atoms with Crippen LogP contribution in [0.3, 0.4) is 0 Å². The van der Waals surface area contributed by atoms with Crippen molar-refractivity contribution in [2.24, 2.45) is 0 Å². The first kappa shape index (κ1) is 10.2. The van der Waals surface area contributed by atoms with E-state index >= 15 is 0 Å². The molecule has 3 rings (SSSR count). The van der Waals surface area contributed by atoms with Crippen LogP contribution in [0.2, 0.25) is 0 Å². The van der Waals surface area contributed by atoms with Gasteiger partial charge >= 0.3 is 5.97 Å². The largest absolute Gasteiger partial charge is 0.477 e. The van der Waals surface area contributed by atoms with Crippen LogP contribution in [0.4, 0.5) is 0 Å². The maximum Gasteiger partial charge on any atom is 0.353 e. The van der Waals surface area contributed by atoms with Crippen molar-refractivity contribution in [3.05, 3.63) is 10.6 Å². The van der Waals surface area contributed by atoms with E-state index in [0.29, 0.717) is 13.0 Å². The van der Waals surface area contributed by atoms with Gasteiger partial charge in [0.1, 0.15) is 5.70 Å². The predicted octanol–water partition coefficient (Wildman–Crippen LogP) is 0.767. The molecule has 0 bridgehead atoms. The van der Waals surface area contributed by atoms with Crippen molar-refractivity contribution in [3.63, 3.8) is 0 Å². The molecule has 0 radical (unpaired) electrons. The number of hydrogen-bond donors (Lipinski definition) is 1. The molecule has 1 amide bonds. The lowest BCUT2D eigenvalue weighted by molar-refractivity contribution is -0.145. The van der Waals surface area contributed by atoms with Gasteiger partial charge in [-0.05, 0) is 12.8 Å².